The Labute approximate surface area is 513 Å². The molecule has 6 N–H and O–H groups in total. The van der Waals surface area contributed by atoms with Gasteiger partial charge in [-0.2, -0.15) is 0 Å². The van der Waals surface area contributed by atoms with Crippen LogP contribution in [0, 0.1) is 0 Å². The van der Waals surface area contributed by atoms with Crippen molar-refractivity contribution in [1.29, 1.82) is 0 Å². The van der Waals surface area contributed by atoms with Gasteiger partial charge >= 0.3 is 0 Å². The number of allylic oxidation sites excluding steroid dienone is 27. The molecule has 0 bridgehead atoms. The van der Waals surface area contributed by atoms with Crippen molar-refractivity contribution in [3.63, 3.8) is 0 Å². The van der Waals surface area contributed by atoms with Crippen LogP contribution in [0.3, 0.4) is 0 Å². The number of aliphatic hydroxyl groups is 5. The molecule has 9 heteroatoms. The Morgan fingerprint density at radius 1 is 0.417 bits per heavy atom. The van der Waals surface area contributed by atoms with Crippen LogP contribution in [-0.2, 0) is 14.3 Å². The maximum Gasteiger partial charge on any atom is 0.220 e. The van der Waals surface area contributed by atoms with E-state index in [0.29, 0.717) is 12.8 Å². The number of hydrogen-bond donors (Lipinski definition) is 6. The molecule has 7 unspecified atom stereocenters. The summed E-state index contributed by atoms with van der Waals surface area (Å²) >= 11 is 0. The number of amides is 1. The van der Waals surface area contributed by atoms with Crippen LogP contribution < -0.4 is 5.32 Å². The lowest BCUT2D eigenvalue weighted by molar-refractivity contribution is -0.302. The van der Waals surface area contributed by atoms with Crippen LogP contribution in [0.5, 0.6) is 0 Å². The minimum Gasteiger partial charge on any atom is -0.394 e. The van der Waals surface area contributed by atoms with Crippen LogP contribution in [0.15, 0.2) is 170 Å². The van der Waals surface area contributed by atoms with Crippen molar-refractivity contribution in [2.45, 2.75) is 281 Å². The Balaban J connectivity index is 2.22. The molecular weight excluding hydrogens is 1040 g/mol. The summed E-state index contributed by atoms with van der Waals surface area (Å²) in [4.78, 5) is 13.1. The maximum atomic E-state index is 13.1. The highest BCUT2D eigenvalue weighted by Gasteiger charge is 2.44. The molecule has 0 aromatic carbocycles. The highest BCUT2D eigenvalue weighted by Crippen LogP contribution is 2.23. The zero-order chi connectivity index (χ0) is 60.7. The first-order chi connectivity index (χ1) is 41.3. The summed E-state index contributed by atoms with van der Waals surface area (Å²) in [6.07, 6.45) is 91.5. The van der Waals surface area contributed by atoms with E-state index in [0.717, 1.165) is 122 Å². The quantitative estimate of drug-likeness (QED) is 0.0261. The molecule has 84 heavy (non-hydrogen) atoms. The number of carbonyl (C=O) groups excluding carboxylic acids is 1. The Bertz CT molecular complexity index is 1930. The molecule has 0 aliphatic carbocycles. The van der Waals surface area contributed by atoms with Crippen molar-refractivity contribution in [1.82, 2.24) is 5.32 Å². The monoisotopic (exact) mass is 1160 g/mol. The summed E-state index contributed by atoms with van der Waals surface area (Å²) < 4.78 is 11.3. The summed E-state index contributed by atoms with van der Waals surface area (Å²) in [6, 6.07) is -0.849. The van der Waals surface area contributed by atoms with E-state index in [4.69, 9.17) is 9.47 Å². The minimum absolute atomic E-state index is 0.217. The van der Waals surface area contributed by atoms with Gasteiger partial charge < -0.3 is 40.3 Å². The van der Waals surface area contributed by atoms with Gasteiger partial charge in [0.1, 0.15) is 24.4 Å². The normalized spacial score (nSPS) is 19.3. The fourth-order valence-corrected chi connectivity index (χ4v) is 9.33. The van der Waals surface area contributed by atoms with Crippen LogP contribution in [-0.4, -0.2) is 87.5 Å². The first kappa shape index (κ1) is 77.6. The molecule has 1 saturated heterocycles. The Hall–Kier alpha value is -4.45. The molecular formula is C75H121NO8. The first-order valence-electron chi connectivity index (χ1n) is 33.4. The topological polar surface area (TPSA) is 149 Å². The zero-order valence-electron chi connectivity index (χ0n) is 52.8. The summed E-state index contributed by atoms with van der Waals surface area (Å²) in [5, 5.41) is 54.6. The fraction of sp³-hybridized carbons (Fsp3) is 0.613. The zero-order valence-corrected chi connectivity index (χ0v) is 52.8. The van der Waals surface area contributed by atoms with Crippen molar-refractivity contribution in [2.24, 2.45) is 0 Å². The number of aliphatic hydroxyl groups excluding tert-OH is 5. The van der Waals surface area contributed by atoms with Crippen LogP contribution in [0.2, 0.25) is 0 Å². The lowest BCUT2D eigenvalue weighted by Crippen LogP contribution is -2.60. The third-order valence-corrected chi connectivity index (χ3v) is 14.5. The Kier molecular flexibility index (Phi) is 56.9. The third kappa shape index (κ3) is 49.8. The van der Waals surface area contributed by atoms with E-state index >= 15 is 0 Å². The van der Waals surface area contributed by atoms with Crippen molar-refractivity contribution in [3.05, 3.63) is 170 Å². The average molecular weight is 1160 g/mol. The third-order valence-electron chi connectivity index (χ3n) is 14.5. The molecule has 1 amide bonds. The number of nitrogens with one attached hydrogen (secondary N) is 1. The predicted molar refractivity (Wildman–Crippen MR) is 359 cm³/mol. The second kappa shape index (κ2) is 61.6. The Morgan fingerprint density at radius 2 is 0.750 bits per heavy atom. The second-order valence-corrected chi connectivity index (χ2v) is 22.2. The highest BCUT2D eigenvalue weighted by atomic mass is 16.7. The number of unbranched alkanes of at least 4 members (excludes halogenated alkanes) is 19. The first-order valence-corrected chi connectivity index (χ1v) is 33.4. The van der Waals surface area contributed by atoms with Crippen molar-refractivity contribution >= 4 is 5.91 Å². The second-order valence-electron chi connectivity index (χ2n) is 22.2. The molecule has 0 spiro atoms. The van der Waals surface area contributed by atoms with Gasteiger partial charge in [-0.3, -0.25) is 4.79 Å². The summed E-state index contributed by atoms with van der Waals surface area (Å²) in [6.45, 7) is 3.63. The van der Waals surface area contributed by atoms with Crippen LogP contribution in [0.1, 0.15) is 239 Å². The van der Waals surface area contributed by atoms with Crippen molar-refractivity contribution in [2.75, 3.05) is 13.2 Å². The molecule has 1 heterocycles. The predicted octanol–water partition coefficient (Wildman–Crippen LogP) is 18.1. The smallest absolute Gasteiger partial charge is 0.220 e. The highest BCUT2D eigenvalue weighted by molar-refractivity contribution is 5.76. The minimum atomic E-state index is -1.59. The molecule has 0 radical (unpaired) electrons. The van der Waals surface area contributed by atoms with Gasteiger partial charge in [-0.25, -0.2) is 0 Å². The SMILES string of the molecule is CC/C=C\C/C=C\C/C=C\C/C=C\C/C=C\C/C=C\C/C=C\C/C=C\C/C=C\C/C=C\C/C=C\C/C=C\CCCCCCC(=O)NC(COC1OC(CO)C(O)C(O)C1O)C(O)/C=C/CC/C=C/CCCCCCCCCCCCCCCC. The molecule has 0 aromatic rings. The number of ether oxygens (including phenoxy) is 2. The fourth-order valence-electron chi connectivity index (χ4n) is 9.33. The van der Waals surface area contributed by atoms with Gasteiger partial charge in [0.25, 0.3) is 0 Å². The average Bonchev–Trinajstić information content (AvgIpc) is 3.70. The molecule has 7 atom stereocenters. The van der Waals surface area contributed by atoms with Gasteiger partial charge in [0, 0.05) is 6.42 Å². The van der Waals surface area contributed by atoms with Crippen molar-refractivity contribution in [3.8, 4) is 0 Å². The van der Waals surface area contributed by atoms with Gasteiger partial charge in [0.2, 0.25) is 5.91 Å². The molecule has 1 aliphatic rings. The van der Waals surface area contributed by atoms with Crippen LogP contribution in [0.4, 0.5) is 0 Å². The van der Waals surface area contributed by atoms with E-state index in [-0.39, 0.29) is 12.5 Å². The lowest BCUT2D eigenvalue weighted by Gasteiger charge is -2.40. The summed E-state index contributed by atoms with van der Waals surface area (Å²) in [7, 11) is 0. The van der Waals surface area contributed by atoms with E-state index < -0.39 is 49.5 Å². The van der Waals surface area contributed by atoms with Gasteiger partial charge in [0.15, 0.2) is 6.29 Å². The molecule has 1 rings (SSSR count). The lowest BCUT2D eigenvalue weighted by atomic mass is 9.99. The van der Waals surface area contributed by atoms with Crippen molar-refractivity contribution < 1.29 is 39.8 Å². The van der Waals surface area contributed by atoms with Gasteiger partial charge in [0.05, 0.1) is 25.4 Å². The molecule has 1 aliphatic heterocycles. The molecule has 474 valence electrons. The Morgan fingerprint density at radius 3 is 1.14 bits per heavy atom. The standard InChI is InChI=1S/C75H121NO8/c1-3-5-7-9-11-13-15-17-19-21-23-25-26-27-28-29-30-31-32-33-34-35-36-37-38-39-40-41-42-43-44-45-47-49-51-53-55-57-59-61-63-65-71(79)76-68(67-83-75-74(82)73(81)72(80)70(66-77)84-75)69(78)64-62-60-58-56-54-52-50-48-46-24-22-20-18-16-14-12-10-8-6-4-2/h5,7,11,13,17,19,23,25,27-28,30-31,33-34,36-37,39-40,42-43,45,47,51,53-54,56,62,64,68-70,72-75,77-78,80-82H,3-4,6,8-10,12,14-16,18,20-22,24,26,29,32,35,38,41,44,46,48-50,52,55,57-61,63,65-67H2,1-2H3,(H,76,79)/b7-5-,13-11-,19-17-,25-23-,28-27-,31-30-,34-33-,37-36-,40-39-,43-42-,47-45-,53-51-,56-54+,64-62+. The van der Waals surface area contributed by atoms with E-state index in [1.807, 2.05) is 6.08 Å². The molecule has 0 aromatic heterocycles. The molecule has 1 fully saturated rings. The maximum absolute atomic E-state index is 13.1. The largest absolute Gasteiger partial charge is 0.394 e. The molecule has 0 saturated carbocycles. The van der Waals surface area contributed by atoms with Gasteiger partial charge in [-0.05, 0) is 122 Å². The van der Waals surface area contributed by atoms with E-state index in [1.54, 1.807) is 6.08 Å². The number of carbonyl (C=O) groups is 1. The number of hydrogen-bond acceptors (Lipinski definition) is 8. The van der Waals surface area contributed by atoms with E-state index in [1.165, 1.54) is 89.9 Å². The van der Waals surface area contributed by atoms with E-state index in [2.05, 4.69) is 177 Å². The van der Waals surface area contributed by atoms with Gasteiger partial charge in [-0.15, -0.1) is 0 Å². The van der Waals surface area contributed by atoms with Crippen LogP contribution in [0.25, 0.3) is 0 Å². The summed E-state index contributed by atoms with van der Waals surface area (Å²) in [5.74, 6) is -0.217. The van der Waals surface area contributed by atoms with E-state index in [9.17, 15) is 30.3 Å². The summed E-state index contributed by atoms with van der Waals surface area (Å²) in [5.41, 5.74) is 0. The van der Waals surface area contributed by atoms with Gasteiger partial charge in [-0.1, -0.05) is 280 Å². The molecule has 9 nitrogen and oxygen atoms in total. The number of rotatable bonds is 55. The van der Waals surface area contributed by atoms with Crippen LogP contribution >= 0.6 is 0 Å².